The molecule has 2 aliphatic rings. The molecule has 0 bridgehead atoms. The number of nitrogens with one attached hydrogen (secondary N) is 1. The zero-order valence-corrected chi connectivity index (χ0v) is 15.8. The summed E-state index contributed by atoms with van der Waals surface area (Å²) in [5.41, 5.74) is 9.51. The number of ether oxygens (including phenoxy) is 1. The number of fused-ring (bicyclic) bond motifs is 2. The van der Waals surface area contributed by atoms with Crippen LogP contribution in [0.4, 0.5) is 0 Å². The molecular formula is C23H28N2O2. The Morgan fingerprint density at radius 1 is 1.00 bits per heavy atom. The van der Waals surface area contributed by atoms with E-state index in [2.05, 4.69) is 23.5 Å². The van der Waals surface area contributed by atoms with Crippen molar-refractivity contribution in [1.29, 1.82) is 0 Å². The van der Waals surface area contributed by atoms with Gasteiger partial charge in [0.25, 0.3) is 0 Å². The van der Waals surface area contributed by atoms with Gasteiger partial charge in [-0.1, -0.05) is 31.4 Å². The predicted octanol–water partition coefficient (Wildman–Crippen LogP) is 4.35. The Labute approximate surface area is 161 Å². The van der Waals surface area contributed by atoms with Crippen molar-refractivity contribution in [3.8, 4) is 11.5 Å². The smallest absolute Gasteiger partial charge is 0.248 e. The molecule has 1 aliphatic heterocycles. The van der Waals surface area contributed by atoms with Gasteiger partial charge in [0.1, 0.15) is 11.5 Å². The van der Waals surface area contributed by atoms with Gasteiger partial charge in [-0.25, -0.2) is 0 Å². The van der Waals surface area contributed by atoms with Crippen LogP contribution in [0.15, 0.2) is 36.4 Å². The molecule has 142 valence electrons. The maximum atomic E-state index is 11.4. The minimum absolute atomic E-state index is 0.397. The Bertz CT molecular complexity index is 825. The molecule has 0 spiro atoms. The summed E-state index contributed by atoms with van der Waals surface area (Å²) in [6.07, 6.45) is 8.68. The molecule has 0 unspecified atom stereocenters. The third-order valence-electron chi connectivity index (χ3n) is 5.84. The Morgan fingerprint density at radius 2 is 1.70 bits per heavy atom. The molecule has 0 atom stereocenters. The highest BCUT2D eigenvalue weighted by Gasteiger charge is 2.17. The van der Waals surface area contributed by atoms with Crippen molar-refractivity contribution < 1.29 is 9.53 Å². The van der Waals surface area contributed by atoms with E-state index < -0.39 is 5.91 Å². The summed E-state index contributed by atoms with van der Waals surface area (Å²) in [4.78, 5) is 11.4. The number of benzene rings is 2. The van der Waals surface area contributed by atoms with Crippen molar-refractivity contribution in [2.24, 2.45) is 11.7 Å². The Balaban J connectivity index is 1.41. The molecule has 1 fully saturated rings. The summed E-state index contributed by atoms with van der Waals surface area (Å²) in [6.45, 7) is 2.03. The summed E-state index contributed by atoms with van der Waals surface area (Å²) in [5, 5.41) is 3.64. The maximum absolute atomic E-state index is 11.4. The quantitative estimate of drug-likeness (QED) is 0.829. The highest BCUT2D eigenvalue weighted by atomic mass is 16.5. The lowest BCUT2D eigenvalue weighted by Gasteiger charge is -2.22. The number of nitrogens with two attached hydrogens (primary N) is 1. The van der Waals surface area contributed by atoms with Gasteiger partial charge >= 0.3 is 0 Å². The van der Waals surface area contributed by atoms with Gasteiger partial charge in [-0.2, -0.15) is 0 Å². The van der Waals surface area contributed by atoms with E-state index in [1.165, 1.54) is 43.2 Å². The third-order valence-corrected chi connectivity index (χ3v) is 5.84. The Kier molecular flexibility index (Phi) is 5.44. The van der Waals surface area contributed by atoms with Crippen LogP contribution in [0, 0.1) is 5.92 Å². The molecule has 1 amide bonds. The van der Waals surface area contributed by atoms with E-state index >= 15 is 0 Å². The number of rotatable bonds is 5. The fourth-order valence-electron chi connectivity index (χ4n) is 4.27. The number of hydrogen-bond donors (Lipinski definition) is 2. The lowest BCUT2D eigenvalue weighted by molar-refractivity contribution is 0.1000. The van der Waals surface area contributed by atoms with Crippen molar-refractivity contribution >= 4 is 5.91 Å². The van der Waals surface area contributed by atoms with E-state index in [-0.39, 0.29) is 0 Å². The van der Waals surface area contributed by atoms with Crippen LogP contribution in [0.25, 0.3) is 0 Å². The van der Waals surface area contributed by atoms with Crippen LogP contribution < -0.4 is 15.8 Å². The number of carbonyl (C=O) groups excluding carboxylic acids is 1. The lowest BCUT2D eigenvalue weighted by Crippen LogP contribution is -2.24. The van der Waals surface area contributed by atoms with Gasteiger partial charge in [-0.05, 0) is 79.1 Å². The number of carbonyl (C=O) groups is 1. The van der Waals surface area contributed by atoms with E-state index in [1.54, 1.807) is 6.07 Å². The second kappa shape index (κ2) is 8.13. The molecule has 4 rings (SSSR count). The van der Waals surface area contributed by atoms with Gasteiger partial charge in [0.05, 0.1) is 0 Å². The molecule has 2 aromatic rings. The average molecular weight is 364 g/mol. The van der Waals surface area contributed by atoms with E-state index in [0.717, 1.165) is 48.9 Å². The zero-order chi connectivity index (χ0) is 18.6. The van der Waals surface area contributed by atoms with Crippen molar-refractivity contribution in [1.82, 2.24) is 5.32 Å². The van der Waals surface area contributed by atoms with Gasteiger partial charge in [-0.15, -0.1) is 0 Å². The standard InChI is InChI=1S/C23H28N2O2/c24-23(26)20-9-11-22-19(13-20)8-7-18-12-17(6-10-21(18)27-22)15-25-14-16-4-2-1-3-5-16/h6,9-13,16,25H,1-5,7-8,14-15H2,(H2,24,26). The number of hydrogen-bond acceptors (Lipinski definition) is 3. The van der Waals surface area contributed by atoms with E-state index in [1.807, 2.05) is 12.1 Å². The molecule has 0 radical (unpaired) electrons. The molecule has 1 saturated carbocycles. The topological polar surface area (TPSA) is 64.4 Å². The van der Waals surface area contributed by atoms with Crippen LogP contribution in [0.1, 0.15) is 59.2 Å². The Hall–Kier alpha value is -2.33. The average Bonchev–Trinajstić information content (AvgIpc) is 2.87. The van der Waals surface area contributed by atoms with E-state index in [9.17, 15) is 4.79 Å². The van der Waals surface area contributed by atoms with Crippen LogP contribution in [0.2, 0.25) is 0 Å². The first-order valence-corrected chi connectivity index (χ1v) is 10.1. The fraction of sp³-hybridized carbons (Fsp3) is 0.435. The first-order chi connectivity index (χ1) is 13.2. The minimum atomic E-state index is -0.397. The van der Waals surface area contributed by atoms with Crippen LogP contribution >= 0.6 is 0 Å². The summed E-state index contributed by atoms with van der Waals surface area (Å²) in [5.74, 6) is 2.18. The number of aryl methyl sites for hydroxylation is 2. The first-order valence-electron chi connectivity index (χ1n) is 10.1. The van der Waals surface area contributed by atoms with Gasteiger partial charge < -0.3 is 15.8 Å². The highest BCUT2D eigenvalue weighted by Crippen LogP contribution is 2.34. The molecule has 3 N–H and O–H groups in total. The Morgan fingerprint density at radius 3 is 2.44 bits per heavy atom. The van der Waals surface area contributed by atoms with Gasteiger partial charge in [-0.3, -0.25) is 4.79 Å². The van der Waals surface area contributed by atoms with Crippen LogP contribution in [0.3, 0.4) is 0 Å². The highest BCUT2D eigenvalue weighted by molar-refractivity contribution is 5.93. The normalized spacial score (nSPS) is 16.7. The summed E-state index contributed by atoms with van der Waals surface area (Å²) < 4.78 is 6.12. The second-order valence-electron chi connectivity index (χ2n) is 7.87. The SMILES string of the molecule is NC(=O)c1ccc2c(c1)CCc1cc(CNCC3CCCCC3)ccc1O2. The van der Waals surface area contributed by atoms with Crippen molar-refractivity contribution in [2.45, 2.75) is 51.5 Å². The first kappa shape index (κ1) is 18.1. The predicted molar refractivity (Wildman–Crippen MR) is 107 cm³/mol. The van der Waals surface area contributed by atoms with E-state index in [4.69, 9.17) is 10.5 Å². The third kappa shape index (κ3) is 4.33. The molecule has 4 nitrogen and oxygen atoms in total. The van der Waals surface area contributed by atoms with Gasteiger partial charge in [0.2, 0.25) is 5.91 Å². The largest absolute Gasteiger partial charge is 0.457 e. The summed E-state index contributed by atoms with van der Waals surface area (Å²) in [7, 11) is 0. The summed E-state index contributed by atoms with van der Waals surface area (Å²) >= 11 is 0. The van der Waals surface area contributed by atoms with Crippen LogP contribution in [-0.4, -0.2) is 12.5 Å². The number of amides is 1. The van der Waals surface area contributed by atoms with Crippen LogP contribution in [-0.2, 0) is 19.4 Å². The molecule has 0 saturated heterocycles. The monoisotopic (exact) mass is 364 g/mol. The molecule has 27 heavy (non-hydrogen) atoms. The van der Waals surface area contributed by atoms with Gasteiger partial charge in [0, 0.05) is 12.1 Å². The minimum Gasteiger partial charge on any atom is -0.457 e. The molecule has 4 heteroatoms. The van der Waals surface area contributed by atoms with Crippen molar-refractivity contribution in [3.63, 3.8) is 0 Å². The lowest BCUT2D eigenvalue weighted by atomic mass is 9.89. The van der Waals surface area contributed by atoms with Crippen LogP contribution in [0.5, 0.6) is 11.5 Å². The van der Waals surface area contributed by atoms with E-state index in [0.29, 0.717) is 5.56 Å². The molecule has 0 aromatic heterocycles. The number of primary amides is 1. The fourth-order valence-corrected chi connectivity index (χ4v) is 4.27. The molecular weight excluding hydrogens is 336 g/mol. The molecule has 1 aliphatic carbocycles. The van der Waals surface area contributed by atoms with Gasteiger partial charge in [0.15, 0.2) is 0 Å². The molecule has 1 heterocycles. The summed E-state index contributed by atoms with van der Waals surface area (Å²) in [6, 6.07) is 11.9. The second-order valence-corrected chi connectivity index (χ2v) is 7.87. The zero-order valence-electron chi connectivity index (χ0n) is 15.8. The maximum Gasteiger partial charge on any atom is 0.248 e. The molecule has 2 aromatic carbocycles. The van der Waals surface area contributed by atoms with Crippen molar-refractivity contribution in [2.75, 3.05) is 6.54 Å². The van der Waals surface area contributed by atoms with Crippen molar-refractivity contribution in [3.05, 3.63) is 58.7 Å².